The number of likely N-dealkylation sites (tertiary alicyclic amines) is 1. The quantitative estimate of drug-likeness (QED) is 0.560. The predicted octanol–water partition coefficient (Wildman–Crippen LogP) is -1.08. The molecule has 0 spiro atoms. The van der Waals surface area contributed by atoms with Crippen LogP contribution in [0.3, 0.4) is 0 Å². The van der Waals surface area contributed by atoms with E-state index in [0.29, 0.717) is 0 Å². The van der Waals surface area contributed by atoms with E-state index >= 15 is 0 Å². The Hall–Kier alpha value is -1.63. The van der Waals surface area contributed by atoms with Crippen molar-refractivity contribution in [2.45, 2.75) is 37.8 Å². The summed E-state index contributed by atoms with van der Waals surface area (Å²) in [6.45, 7) is 0.946. The standard InChI is InChI=1S/C11H19N3O4/c1-14-4-2-3-7(14)5-10(16)13-8(11(17)18)6-9(12)15/h7-8H,2-6H2,1H3,(H2,12,15)(H,13,16)(H,17,18)/t7?,8-/m0/s1. The number of hydrogen-bond donors (Lipinski definition) is 3. The van der Waals surface area contributed by atoms with Crippen LogP contribution in [0.2, 0.25) is 0 Å². The van der Waals surface area contributed by atoms with Gasteiger partial charge in [0.05, 0.1) is 6.42 Å². The number of nitrogens with one attached hydrogen (secondary N) is 1. The van der Waals surface area contributed by atoms with Crippen molar-refractivity contribution >= 4 is 17.8 Å². The zero-order valence-electron chi connectivity index (χ0n) is 10.4. The maximum Gasteiger partial charge on any atom is 0.326 e. The summed E-state index contributed by atoms with van der Waals surface area (Å²) in [5.74, 6) is -2.36. The van der Waals surface area contributed by atoms with Crippen LogP contribution in [0.1, 0.15) is 25.7 Å². The number of carboxylic acids is 1. The molecule has 0 radical (unpaired) electrons. The fourth-order valence-electron chi connectivity index (χ4n) is 2.11. The SMILES string of the molecule is CN1CCCC1CC(=O)N[C@@H](CC(N)=O)C(=O)O. The van der Waals surface area contributed by atoms with Crippen molar-refractivity contribution in [2.24, 2.45) is 5.73 Å². The minimum atomic E-state index is -1.25. The molecule has 1 fully saturated rings. The van der Waals surface area contributed by atoms with Gasteiger partial charge >= 0.3 is 5.97 Å². The molecule has 1 aliphatic heterocycles. The van der Waals surface area contributed by atoms with Crippen molar-refractivity contribution in [3.63, 3.8) is 0 Å². The number of amides is 2. The Morgan fingerprint density at radius 2 is 2.17 bits per heavy atom. The summed E-state index contributed by atoms with van der Waals surface area (Å²) in [4.78, 5) is 35.3. The molecule has 1 rings (SSSR count). The van der Waals surface area contributed by atoms with Crippen LogP contribution in [0.4, 0.5) is 0 Å². The van der Waals surface area contributed by atoms with Gasteiger partial charge in [0.1, 0.15) is 6.04 Å². The highest BCUT2D eigenvalue weighted by atomic mass is 16.4. The average molecular weight is 257 g/mol. The highest BCUT2D eigenvalue weighted by molar-refractivity contribution is 5.88. The molecule has 102 valence electrons. The number of rotatable bonds is 6. The molecular formula is C11H19N3O4. The van der Waals surface area contributed by atoms with Gasteiger partial charge in [0.2, 0.25) is 11.8 Å². The van der Waals surface area contributed by atoms with Crippen LogP contribution < -0.4 is 11.1 Å². The van der Waals surface area contributed by atoms with Crippen molar-refractivity contribution in [2.75, 3.05) is 13.6 Å². The van der Waals surface area contributed by atoms with Gasteiger partial charge < -0.3 is 21.1 Å². The van der Waals surface area contributed by atoms with Crippen LogP contribution >= 0.6 is 0 Å². The van der Waals surface area contributed by atoms with Gasteiger partial charge in [0.25, 0.3) is 0 Å². The van der Waals surface area contributed by atoms with E-state index < -0.39 is 17.9 Å². The van der Waals surface area contributed by atoms with Gasteiger partial charge in [-0.2, -0.15) is 0 Å². The number of nitrogens with two attached hydrogens (primary N) is 1. The number of carboxylic acid groups (broad SMARTS) is 1. The van der Waals surface area contributed by atoms with E-state index in [2.05, 4.69) is 10.2 Å². The third-order valence-electron chi connectivity index (χ3n) is 3.13. The average Bonchev–Trinajstić information content (AvgIpc) is 2.62. The molecule has 2 atom stereocenters. The first-order valence-corrected chi connectivity index (χ1v) is 5.91. The van der Waals surface area contributed by atoms with Crippen molar-refractivity contribution in [3.8, 4) is 0 Å². The molecule has 0 aromatic heterocycles. The molecule has 0 bridgehead atoms. The fourth-order valence-corrected chi connectivity index (χ4v) is 2.11. The normalized spacial score (nSPS) is 21.5. The van der Waals surface area contributed by atoms with Gasteiger partial charge in [0, 0.05) is 12.5 Å². The van der Waals surface area contributed by atoms with Crippen molar-refractivity contribution < 1.29 is 19.5 Å². The highest BCUT2D eigenvalue weighted by Gasteiger charge is 2.26. The molecule has 0 aromatic rings. The molecule has 0 aliphatic carbocycles. The zero-order chi connectivity index (χ0) is 13.7. The Bertz CT molecular complexity index is 345. The maximum atomic E-state index is 11.7. The summed E-state index contributed by atoms with van der Waals surface area (Å²) in [7, 11) is 1.93. The summed E-state index contributed by atoms with van der Waals surface area (Å²) < 4.78 is 0. The number of carbonyl (C=O) groups excluding carboxylic acids is 2. The number of aliphatic carboxylic acids is 1. The van der Waals surface area contributed by atoms with Crippen molar-refractivity contribution in [1.82, 2.24) is 10.2 Å². The van der Waals surface area contributed by atoms with E-state index in [-0.39, 0.29) is 24.8 Å². The molecule has 4 N–H and O–H groups in total. The van der Waals surface area contributed by atoms with Crippen LogP contribution in [0.25, 0.3) is 0 Å². The number of primary amides is 1. The molecule has 18 heavy (non-hydrogen) atoms. The first-order valence-electron chi connectivity index (χ1n) is 5.91. The lowest BCUT2D eigenvalue weighted by Crippen LogP contribution is -2.45. The molecule has 0 saturated carbocycles. The third kappa shape index (κ3) is 4.33. The molecule has 1 aliphatic rings. The summed E-state index contributed by atoms with van der Waals surface area (Å²) in [6.07, 6.45) is 1.83. The third-order valence-corrected chi connectivity index (χ3v) is 3.13. The second-order valence-electron chi connectivity index (χ2n) is 4.61. The molecular weight excluding hydrogens is 238 g/mol. The van der Waals surface area contributed by atoms with Crippen LogP contribution in [0.15, 0.2) is 0 Å². The van der Waals surface area contributed by atoms with E-state index in [9.17, 15) is 14.4 Å². The topological polar surface area (TPSA) is 113 Å². The minimum absolute atomic E-state index is 0.146. The van der Waals surface area contributed by atoms with E-state index in [1.807, 2.05) is 7.05 Å². The van der Waals surface area contributed by atoms with Crippen molar-refractivity contribution in [3.05, 3.63) is 0 Å². The molecule has 2 amide bonds. The van der Waals surface area contributed by atoms with Crippen LogP contribution in [0.5, 0.6) is 0 Å². The Morgan fingerprint density at radius 3 is 2.61 bits per heavy atom. The smallest absolute Gasteiger partial charge is 0.326 e. The Kier molecular flexibility index (Phi) is 5.08. The molecule has 1 saturated heterocycles. The first kappa shape index (κ1) is 14.4. The highest BCUT2D eigenvalue weighted by Crippen LogP contribution is 2.17. The predicted molar refractivity (Wildman–Crippen MR) is 63.6 cm³/mol. The lowest BCUT2D eigenvalue weighted by Gasteiger charge is -2.20. The Morgan fingerprint density at radius 1 is 1.50 bits per heavy atom. The van der Waals surface area contributed by atoms with E-state index in [1.165, 1.54) is 0 Å². The van der Waals surface area contributed by atoms with Gasteiger partial charge in [-0.05, 0) is 26.4 Å². The number of hydrogen-bond acceptors (Lipinski definition) is 4. The second kappa shape index (κ2) is 6.34. The second-order valence-corrected chi connectivity index (χ2v) is 4.61. The van der Waals surface area contributed by atoms with Crippen LogP contribution in [-0.4, -0.2) is 53.5 Å². The largest absolute Gasteiger partial charge is 0.480 e. The van der Waals surface area contributed by atoms with Crippen molar-refractivity contribution in [1.29, 1.82) is 0 Å². The summed E-state index contributed by atoms with van der Waals surface area (Å²) in [6, 6.07) is -1.09. The van der Waals surface area contributed by atoms with E-state index in [4.69, 9.17) is 10.8 Å². The maximum absolute atomic E-state index is 11.7. The van der Waals surface area contributed by atoms with Gasteiger partial charge in [-0.3, -0.25) is 9.59 Å². The number of carbonyl (C=O) groups is 3. The van der Waals surface area contributed by atoms with E-state index in [1.54, 1.807) is 0 Å². The van der Waals surface area contributed by atoms with Gasteiger partial charge in [-0.1, -0.05) is 0 Å². The monoisotopic (exact) mass is 257 g/mol. The lowest BCUT2D eigenvalue weighted by atomic mass is 10.1. The Balaban J connectivity index is 2.45. The molecule has 1 heterocycles. The van der Waals surface area contributed by atoms with E-state index in [0.717, 1.165) is 19.4 Å². The fraction of sp³-hybridized carbons (Fsp3) is 0.727. The molecule has 0 aromatic carbocycles. The minimum Gasteiger partial charge on any atom is -0.480 e. The van der Waals surface area contributed by atoms with Crippen LogP contribution in [-0.2, 0) is 14.4 Å². The Labute approximate surface area is 105 Å². The molecule has 1 unspecified atom stereocenters. The first-order chi connectivity index (χ1) is 8.40. The molecule has 7 heteroatoms. The van der Waals surface area contributed by atoms with Gasteiger partial charge in [-0.25, -0.2) is 4.79 Å². The van der Waals surface area contributed by atoms with Gasteiger partial charge in [-0.15, -0.1) is 0 Å². The number of nitrogens with zero attached hydrogens (tertiary/aromatic N) is 1. The van der Waals surface area contributed by atoms with Gasteiger partial charge in [0.15, 0.2) is 0 Å². The summed E-state index contributed by atoms with van der Waals surface area (Å²) in [5.41, 5.74) is 4.93. The molecule has 7 nitrogen and oxygen atoms in total. The summed E-state index contributed by atoms with van der Waals surface area (Å²) in [5, 5.41) is 11.2. The zero-order valence-corrected chi connectivity index (χ0v) is 10.4. The lowest BCUT2D eigenvalue weighted by molar-refractivity contribution is -0.143. The van der Waals surface area contributed by atoms with Crippen LogP contribution in [0, 0.1) is 0 Å². The summed E-state index contributed by atoms with van der Waals surface area (Å²) >= 11 is 0.